The van der Waals surface area contributed by atoms with Crippen LogP contribution in [0.1, 0.15) is 16.8 Å². The topological polar surface area (TPSA) is 69.7 Å². The van der Waals surface area contributed by atoms with Crippen LogP contribution in [0.5, 0.6) is 5.75 Å². The molecule has 0 unspecified atom stereocenters. The van der Waals surface area contributed by atoms with E-state index in [-0.39, 0.29) is 10.9 Å². The molecular weight excluding hydrogens is 339 g/mol. The Bertz CT molecular complexity index is 1050. The molecule has 0 radical (unpaired) electrons. The first-order chi connectivity index (χ1) is 12.5. The molecule has 132 valence electrons. The van der Waals surface area contributed by atoms with Gasteiger partial charge in [0.25, 0.3) is 0 Å². The molecule has 0 N–H and O–H groups in total. The summed E-state index contributed by atoms with van der Waals surface area (Å²) in [5.74, 6) is -2.73. The minimum atomic E-state index is -1.11. The third-order valence-electron chi connectivity index (χ3n) is 4.17. The summed E-state index contributed by atoms with van der Waals surface area (Å²) in [7, 11) is 2.57. The molecule has 26 heavy (non-hydrogen) atoms. The molecule has 0 atom stereocenters. The lowest BCUT2D eigenvalue weighted by Crippen LogP contribution is -2.19. The van der Waals surface area contributed by atoms with Crippen molar-refractivity contribution in [2.45, 2.75) is 6.42 Å². The van der Waals surface area contributed by atoms with Gasteiger partial charge in [-0.15, -0.1) is 0 Å². The predicted octanol–water partition coefficient (Wildman–Crippen LogP) is 3.46. The van der Waals surface area contributed by atoms with Gasteiger partial charge >= 0.3 is 5.97 Å². The minimum Gasteiger partial charge on any atom is -0.497 e. The fourth-order valence-electron chi connectivity index (χ4n) is 2.93. The summed E-state index contributed by atoms with van der Waals surface area (Å²) in [5, 5.41) is 2.07. The third-order valence-corrected chi connectivity index (χ3v) is 4.17. The lowest BCUT2D eigenvalue weighted by Gasteiger charge is -2.11. The van der Waals surface area contributed by atoms with Crippen LogP contribution in [0.4, 0.5) is 4.39 Å². The lowest BCUT2D eigenvalue weighted by molar-refractivity contribution is -0.151. The molecule has 5 nitrogen and oxygen atoms in total. The standard InChI is InChI=1S/C20H15FO5/c1-25-12-6-7-13-11(8-12)9-15(17(22)10-18(23)20(24)26-2)19-14(13)4-3-5-16(19)21/h3-9H,10H2,1-2H3. The fraction of sp³-hybridized carbons (Fsp3) is 0.150. The zero-order valence-electron chi connectivity index (χ0n) is 14.2. The van der Waals surface area contributed by atoms with E-state index < -0.39 is 29.8 Å². The van der Waals surface area contributed by atoms with Gasteiger partial charge < -0.3 is 9.47 Å². The van der Waals surface area contributed by atoms with E-state index in [1.165, 1.54) is 19.2 Å². The van der Waals surface area contributed by atoms with E-state index in [0.717, 1.165) is 12.5 Å². The van der Waals surface area contributed by atoms with Gasteiger partial charge in [-0.25, -0.2) is 9.18 Å². The summed E-state index contributed by atoms with van der Waals surface area (Å²) in [6.45, 7) is 0. The molecule has 0 heterocycles. The average molecular weight is 354 g/mol. The molecule has 0 aromatic heterocycles. The molecule has 0 bridgehead atoms. The SMILES string of the molecule is COC(=O)C(=O)CC(=O)c1cc2cc(OC)ccc2c2cccc(F)c12. The Morgan fingerprint density at radius 2 is 1.77 bits per heavy atom. The Hall–Kier alpha value is -3.28. The molecule has 0 aliphatic rings. The highest BCUT2D eigenvalue weighted by Gasteiger charge is 2.22. The predicted molar refractivity (Wildman–Crippen MR) is 93.9 cm³/mol. The van der Waals surface area contributed by atoms with Crippen LogP contribution >= 0.6 is 0 Å². The van der Waals surface area contributed by atoms with Crippen molar-refractivity contribution >= 4 is 39.1 Å². The molecule has 3 rings (SSSR count). The van der Waals surface area contributed by atoms with Crippen LogP contribution in [-0.4, -0.2) is 31.8 Å². The van der Waals surface area contributed by atoms with Crippen LogP contribution in [0.3, 0.4) is 0 Å². The zero-order valence-corrected chi connectivity index (χ0v) is 14.2. The van der Waals surface area contributed by atoms with E-state index in [1.807, 2.05) is 0 Å². The van der Waals surface area contributed by atoms with E-state index in [0.29, 0.717) is 16.5 Å². The number of fused-ring (bicyclic) bond motifs is 3. The van der Waals surface area contributed by atoms with Crippen molar-refractivity contribution < 1.29 is 28.2 Å². The molecule has 0 aliphatic heterocycles. The number of carbonyl (C=O) groups excluding carboxylic acids is 3. The Morgan fingerprint density at radius 1 is 1.00 bits per heavy atom. The molecular formula is C20H15FO5. The Balaban J connectivity index is 2.23. The van der Waals surface area contributed by atoms with Crippen molar-refractivity contribution in [3.05, 3.63) is 53.8 Å². The normalized spacial score (nSPS) is 10.7. The molecule has 0 saturated carbocycles. The maximum atomic E-state index is 14.5. The first-order valence-electron chi connectivity index (χ1n) is 7.79. The lowest BCUT2D eigenvalue weighted by atomic mass is 9.93. The Labute approximate surface area is 148 Å². The second-order valence-corrected chi connectivity index (χ2v) is 5.69. The third kappa shape index (κ3) is 3.01. The fourth-order valence-corrected chi connectivity index (χ4v) is 2.93. The zero-order chi connectivity index (χ0) is 18.8. The maximum Gasteiger partial charge on any atom is 0.374 e. The van der Waals surface area contributed by atoms with Gasteiger partial charge in [0.15, 0.2) is 5.78 Å². The molecule has 3 aromatic rings. The summed E-state index contributed by atoms with van der Waals surface area (Å²) in [4.78, 5) is 35.6. The Kier molecular flexibility index (Phi) is 4.67. The van der Waals surface area contributed by atoms with Crippen LogP contribution < -0.4 is 4.74 Å². The summed E-state index contributed by atoms with van der Waals surface area (Å²) in [6.07, 6.45) is -0.689. The van der Waals surface area contributed by atoms with E-state index in [4.69, 9.17) is 4.74 Å². The molecule has 0 saturated heterocycles. The largest absolute Gasteiger partial charge is 0.497 e. The van der Waals surface area contributed by atoms with Gasteiger partial charge in [-0.05, 0) is 40.4 Å². The number of carbonyl (C=O) groups is 3. The number of ether oxygens (including phenoxy) is 2. The van der Waals surface area contributed by atoms with Crippen LogP contribution in [0.25, 0.3) is 21.5 Å². The number of halogens is 1. The highest BCUT2D eigenvalue weighted by atomic mass is 19.1. The van der Waals surface area contributed by atoms with Gasteiger partial charge in [0.05, 0.1) is 20.6 Å². The van der Waals surface area contributed by atoms with E-state index in [2.05, 4.69) is 4.74 Å². The summed E-state index contributed by atoms with van der Waals surface area (Å²) < 4.78 is 24.0. The monoisotopic (exact) mass is 354 g/mol. The van der Waals surface area contributed by atoms with E-state index in [1.54, 1.807) is 30.3 Å². The summed E-state index contributed by atoms with van der Waals surface area (Å²) in [5.41, 5.74) is 0.0381. The smallest absolute Gasteiger partial charge is 0.374 e. The highest BCUT2D eigenvalue weighted by molar-refractivity contribution is 6.38. The van der Waals surface area contributed by atoms with Crippen LogP contribution in [0, 0.1) is 5.82 Å². The van der Waals surface area contributed by atoms with E-state index in [9.17, 15) is 18.8 Å². The number of hydrogen-bond acceptors (Lipinski definition) is 5. The van der Waals surface area contributed by atoms with Crippen molar-refractivity contribution in [1.29, 1.82) is 0 Å². The molecule has 0 fully saturated rings. The van der Waals surface area contributed by atoms with Crippen molar-refractivity contribution in [2.24, 2.45) is 0 Å². The van der Waals surface area contributed by atoms with Gasteiger partial charge in [0, 0.05) is 10.9 Å². The number of benzene rings is 3. The van der Waals surface area contributed by atoms with Crippen LogP contribution in [0.15, 0.2) is 42.5 Å². The summed E-state index contributed by atoms with van der Waals surface area (Å²) >= 11 is 0. The van der Waals surface area contributed by atoms with Gasteiger partial charge in [0.1, 0.15) is 11.6 Å². The molecule has 0 aliphatic carbocycles. The van der Waals surface area contributed by atoms with Gasteiger partial charge in [-0.1, -0.05) is 18.2 Å². The second kappa shape index (κ2) is 6.92. The number of Topliss-reactive ketones (excluding diaryl/α,β-unsaturated/α-hetero) is 2. The van der Waals surface area contributed by atoms with Gasteiger partial charge in [-0.2, -0.15) is 0 Å². The number of methoxy groups -OCH3 is 2. The second-order valence-electron chi connectivity index (χ2n) is 5.69. The molecule has 3 aromatic carbocycles. The first kappa shape index (κ1) is 17.5. The number of hydrogen-bond donors (Lipinski definition) is 0. The van der Waals surface area contributed by atoms with E-state index >= 15 is 0 Å². The summed E-state index contributed by atoms with van der Waals surface area (Å²) in [6, 6.07) is 11.3. The molecule has 0 amide bonds. The van der Waals surface area contributed by atoms with Crippen molar-refractivity contribution in [2.75, 3.05) is 14.2 Å². The number of rotatable bonds is 5. The molecule has 0 spiro atoms. The quantitative estimate of drug-likeness (QED) is 0.231. The molecule has 6 heteroatoms. The number of ketones is 2. The highest BCUT2D eigenvalue weighted by Crippen LogP contribution is 2.33. The van der Waals surface area contributed by atoms with Crippen LogP contribution in [0.2, 0.25) is 0 Å². The maximum absolute atomic E-state index is 14.5. The van der Waals surface area contributed by atoms with Crippen molar-refractivity contribution in [3.8, 4) is 5.75 Å². The average Bonchev–Trinajstić information content (AvgIpc) is 2.66. The van der Waals surface area contributed by atoms with Crippen LogP contribution in [-0.2, 0) is 14.3 Å². The Morgan fingerprint density at radius 3 is 2.46 bits per heavy atom. The minimum absolute atomic E-state index is 0.0381. The van der Waals surface area contributed by atoms with Gasteiger partial charge in [0.2, 0.25) is 5.78 Å². The number of esters is 1. The van der Waals surface area contributed by atoms with Crippen molar-refractivity contribution in [1.82, 2.24) is 0 Å². The van der Waals surface area contributed by atoms with Gasteiger partial charge in [-0.3, -0.25) is 9.59 Å². The first-order valence-corrected chi connectivity index (χ1v) is 7.79. The van der Waals surface area contributed by atoms with Crippen molar-refractivity contribution in [3.63, 3.8) is 0 Å².